The van der Waals surface area contributed by atoms with Crippen molar-refractivity contribution in [3.63, 3.8) is 0 Å². The Hall–Kier alpha value is -2.13. The molecule has 0 fully saturated rings. The average Bonchev–Trinajstić information content (AvgIpc) is 2.54. The minimum Gasteiger partial charge on any atom is -0.309 e. The Morgan fingerprint density at radius 3 is 2.23 bits per heavy atom. The summed E-state index contributed by atoms with van der Waals surface area (Å²) in [6.45, 7) is 1.13. The molecule has 0 amide bonds. The van der Waals surface area contributed by atoms with Gasteiger partial charge in [0.25, 0.3) is 0 Å². The minimum absolute atomic E-state index is 1.08. The van der Waals surface area contributed by atoms with Crippen molar-refractivity contribution < 1.29 is 0 Å². The van der Waals surface area contributed by atoms with Crippen molar-refractivity contribution in [1.29, 1.82) is 0 Å². The number of para-hydroxylation sites is 1. The van der Waals surface area contributed by atoms with Gasteiger partial charge in [-0.15, -0.1) is 0 Å². The second-order valence-corrected chi connectivity index (χ2v) is 5.75. The van der Waals surface area contributed by atoms with E-state index in [4.69, 9.17) is 0 Å². The molecule has 116 valence electrons. The fraction of sp³-hybridized carbons (Fsp3) is 0.316. The molecule has 0 bridgehead atoms. The number of nitrogens with zero attached hydrogens (tertiary/aromatic N) is 3. The van der Waals surface area contributed by atoms with E-state index in [1.54, 1.807) is 0 Å². The second-order valence-electron chi connectivity index (χ2n) is 5.75. The number of benzene rings is 2. The molecule has 2 rings (SSSR count). The molecule has 0 saturated heterocycles. The first-order valence-electron chi connectivity index (χ1n) is 7.71. The zero-order chi connectivity index (χ0) is 15.8. The Morgan fingerprint density at radius 1 is 0.909 bits per heavy atom. The van der Waals surface area contributed by atoms with Gasteiger partial charge in [-0.25, -0.2) is 0 Å². The van der Waals surface area contributed by atoms with Crippen molar-refractivity contribution in [3.8, 4) is 0 Å². The highest BCUT2D eigenvalue weighted by Gasteiger charge is 1.97. The molecule has 2 aromatic rings. The first kappa shape index (κ1) is 16.2. The quantitative estimate of drug-likeness (QED) is 0.573. The lowest BCUT2D eigenvalue weighted by Crippen LogP contribution is -2.13. The van der Waals surface area contributed by atoms with Crippen LogP contribution in [0.4, 0.5) is 5.69 Å². The molecule has 0 atom stereocenters. The number of hydrogen-bond donors (Lipinski definition) is 0. The van der Waals surface area contributed by atoms with Crippen LogP contribution in [0, 0.1) is 0 Å². The van der Waals surface area contributed by atoms with Crippen LogP contribution in [-0.4, -0.2) is 38.8 Å². The predicted molar refractivity (Wildman–Crippen MR) is 95.8 cm³/mol. The molecule has 0 unspecified atom stereocenters. The van der Waals surface area contributed by atoms with Crippen molar-refractivity contribution >= 4 is 11.9 Å². The number of aryl methyl sites for hydroxylation is 1. The molecule has 0 aliphatic heterocycles. The minimum atomic E-state index is 1.08. The maximum absolute atomic E-state index is 4.48. The highest BCUT2D eigenvalue weighted by Crippen LogP contribution is 2.11. The van der Waals surface area contributed by atoms with Gasteiger partial charge in [0.15, 0.2) is 0 Å². The Morgan fingerprint density at radius 2 is 1.59 bits per heavy atom. The van der Waals surface area contributed by atoms with Gasteiger partial charge in [-0.1, -0.05) is 42.5 Å². The van der Waals surface area contributed by atoms with Crippen LogP contribution >= 0.6 is 0 Å². The zero-order valence-corrected chi connectivity index (χ0v) is 13.7. The van der Waals surface area contributed by atoms with Crippen LogP contribution in [0.25, 0.3) is 0 Å². The summed E-state index contributed by atoms with van der Waals surface area (Å²) in [5.41, 5.74) is 3.59. The lowest BCUT2D eigenvalue weighted by Gasteiger charge is -2.12. The lowest BCUT2D eigenvalue weighted by molar-refractivity contribution is 0.400. The van der Waals surface area contributed by atoms with E-state index in [0.29, 0.717) is 0 Å². The third kappa shape index (κ3) is 5.34. The molecule has 0 radical (unpaired) electrons. The summed E-state index contributed by atoms with van der Waals surface area (Å²) in [6, 6.07) is 18.8. The summed E-state index contributed by atoms with van der Waals surface area (Å²) >= 11 is 0. The third-order valence-corrected chi connectivity index (χ3v) is 3.56. The van der Waals surface area contributed by atoms with Gasteiger partial charge in [-0.3, -0.25) is 5.01 Å². The molecule has 0 aliphatic rings. The highest BCUT2D eigenvalue weighted by molar-refractivity contribution is 5.80. The van der Waals surface area contributed by atoms with E-state index >= 15 is 0 Å². The van der Waals surface area contributed by atoms with Gasteiger partial charge in [-0.05, 0) is 56.7 Å². The molecular weight excluding hydrogens is 270 g/mol. The number of hydrazone groups is 1. The Labute approximate surface area is 133 Å². The number of rotatable bonds is 7. The lowest BCUT2D eigenvalue weighted by atomic mass is 10.1. The average molecular weight is 295 g/mol. The molecular formula is C19H25N3. The van der Waals surface area contributed by atoms with Gasteiger partial charge in [-0.2, -0.15) is 5.10 Å². The normalized spacial score (nSPS) is 11.3. The van der Waals surface area contributed by atoms with Gasteiger partial charge in [0.2, 0.25) is 0 Å². The van der Waals surface area contributed by atoms with Gasteiger partial charge in [0, 0.05) is 7.05 Å². The summed E-state index contributed by atoms with van der Waals surface area (Å²) in [5.74, 6) is 0. The first-order valence-corrected chi connectivity index (χ1v) is 7.71. The zero-order valence-electron chi connectivity index (χ0n) is 13.7. The standard InChI is InChI=1S/C19H25N3/c1-21(2)15-7-8-17-11-13-18(14-12-17)16-20-22(3)19-9-5-4-6-10-19/h4-6,9-14,16H,7-8,15H2,1-3H3/b20-16+. The Bertz CT molecular complexity index is 573. The molecule has 0 aliphatic carbocycles. The van der Waals surface area contributed by atoms with E-state index in [1.165, 1.54) is 12.0 Å². The highest BCUT2D eigenvalue weighted by atomic mass is 15.4. The van der Waals surface area contributed by atoms with Crippen LogP contribution in [0.5, 0.6) is 0 Å². The topological polar surface area (TPSA) is 18.8 Å². The molecule has 3 nitrogen and oxygen atoms in total. The van der Waals surface area contributed by atoms with Crippen molar-refractivity contribution in [2.24, 2.45) is 5.10 Å². The molecule has 22 heavy (non-hydrogen) atoms. The van der Waals surface area contributed by atoms with E-state index in [9.17, 15) is 0 Å². The van der Waals surface area contributed by atoms with Gasteiger partial charge in [0.05, 0.1) is 11.9 Å². The van der Waals surface area contributed by atoms with Crippen molar-refractivity contribution in [2.45, 2.75) is 12.8 Å². The third-order valence-electron chi connectivity index (χ3n) is 3.56. The van der Waals surface area contributed by atoms with E-state index < -0.39 is 0 Å². The van der Waals surface area contributed by atoms with E-state index in [0.717, 1.165) is 24.2 Å². The maximum Gasteiger partial charge on any atom is 0.0590 e. The summed E-state index contributed by atoms with van der Waals surface area (Å²) in [6.07, 6.45) is 4.22. The molecule has 0 heterocycles. The van der Waals surface area contributed by atoms with Crippen molar-refractivity contribution in [2.75, 3.05) is 32.7 Å². The van der Waals surface area contributed by atoms with Crippen LogP contribution in [-0.2, 0) is 6.42 Å². The Kier molecular flexibility index (Phi) is 6.16. The van der Waals surface area contributed by atoms with E-state index in [-0.39, 0.29) is 0 Å². The van der Waals surface area contributed by atoms with Gasteiger partial charge in [0.1, 0.15) is 0 Å². The van der Waals surface area contributed by atoms with E-state index in [1.807, 2.05) is 48.6 Å². The fourth-order valence-corrected chi connectivity index (χ4v) is 2.23. The first-order chi connectivity index (χ1) is 10.6. The van der Waals surface area contributed by atoms with Crippen LogP contribution in [0.1, 0.15) is 17.5 Å². The number of hydrogen-bond acceptors (Lipinski definition) is 3. The van der Waals surface area contributed by atoms with Crippen LogP contribution < -0.4 is 5.01 Å². The summed E-state index contributed by atoms with van der Waals surface area (Å²) in [5, 5.41) is 6.36. The predicted octanol–water partition coefficient (Wildman–Crippen LogP) is 3.65. The monoisotopic (exact) mass is 295 g/mol. The van der Waals surface area contributed by atoms with Crippen LogP contribution in [0.2, 0.25) is 0 Å². The molecule has 0 spiro atoms. The molecule has 3 heteroatoms. The van der Waals surface area contributed by atoms with Crippen molar-refractivity contribution in [1.82, 2.24) is 4.90 Å². The number of anilines is 1. The molecule has 0 aromatic heterocycles. The fourth-order valence-electron chi connectivity index (χ4n) is 2.23. The summed E-state index contributed by atoms with van der Waals surface area (Å²) < 4.78 is 0. The molecule has 2 aromatic carbocycles. The van der Waals surface area contributed by atoms with Crippen molar-refractivity contribution in [3.05, 3.63) is 65.7 Å². The van der Waals surface area contributed by atoms with Crippen LogP contribution in [0.3, 0.4) is 0 Å². The van der Waals surface area contributed by atoms with Gasteiger partial charge >= 0.3 is 0 Å². The van der Waals surface area contributed by atoms with Crippen LogP contribution in [0.15, 0.2) is 59.7 Å². The summed E-state index contributed by atoms with van der Waals surface area (Å²) in [4.78, 5) is 2.22. The molecule has 0 N–H and O–H groups in total. The Balaban J connectivity index is 1.89. The van der Waals surface area contributed by atoms with E-state index in [2.05, 4.69) is 48.4 Å². The molecule has 0 saturated carbocycles. The SMILES string of the molecule is CN(C)CCCc1ccc(/C=N/N(C)c2ccccc2)cc1. The summed E-state index contributed by atoms with van der Waals surface area (Å²) in [7, 11) is 6.19. The largest absolute Gasteiger partial charge is 0.309 e. The van der Waals surface area contributed by atoms with Gasteiger partial charge < -0.3 is 4.90 Å². The maximum atomic E-state index is 4.48. The smallest absolute Gasteiger partial charge is 0.0590 e. The second kappa shape index (κ2) is 8.35.